The van der Waals surface area contributed by atoms with Crippen molar-refractivity contribution >= 4 is 21.7 Å². The third-order valence-corrected chi connectivity index (χ3v) is 7.58. The second-order valence-corrected chi connectivity index (χ2v) is 10.5. The first-order chi connectivity index (χ1) is 15.2. The molecule has 1 aromatic carbocycles. The predicted molar refractivity (Wildman–Crippen MR) is 121 cm³/mol. The molecule has 0 aromatic heterocycles. The molecule has 2 atom stereocenters. The van der Waals surface area contributed by atoms with Crippen LogP contribution in [0.3, 0.4) is 0 Å². The lowest BCUT2D eigenvalue weighted by Gasteiger charge is -2.29. The highest BCUT2D eigenvalue weighted by Crippen LogP contribution is 2.27. The molecule has 178 valence electrons. The zero-order chi connectivity index (χ0) is 23.2. The summed E-state index contributed by atoms with van der Waals surface area (Å²) in [6.07, 6.45) is 2.58. The SMILES string of the molecule is CCCCS(=O)(=O)N[C@@](C)(C(=O)O)[C@@H]1CC(c2ccc(OCC3CCNCC3)cc2)=NO1. The van der Waals surface area contributed by atoms with Gasteiger partial charge in [0.2, 0.25) is 10.0 Å². The maximum atomic E-state index is 12.3. The highest BCUT2D eigenvalue weighted by atomic mass is 32.2. The molecule has 1 fully saturated rings. The van der Waals surface area contributed by atoms with E-state index in [4.69, 9.17) is 9.57 Å². The fourth-order valence-corrected chi connectivity index (χ4v) is 5.45. The normalized spacial score (nSPS) is 21.4. The van der Waals surface area contributed by atoms with Crippen LogP contribution in [0, 0.1) is 5.92 Å². The van der Waals surface area contributed by atoms with Crippen molar-refractivity contribution in [1.82, 2.24) is 10.0 Å². The minimum Gasteiger partial charge on any atom is -0.493 e. The molecule has 32 heavy (non-hydrogen) atoms. The number of unbranched alkanes of at least 4 members (excludes halogenated alkanes) is 1. The summed E-state index contributed by atoms with van der Waals surface area (Å²) in [5, 5.41) is 17.1. The van der Waals surface area contributed by atoms with Crippen molar-refractivity contribution in [3.8, 4) is 5.75 Å². The Bertz CT molecular complexity index is 912. The van der Waals surface area contributed by atoms with Crippen LogP contribution >= 0.6 is 0 Å². The van der Waals surface area contributed by atoms with Gasteiger partial charge in [0, 0.05) is 6.42 Å². The van der Waals surface area contributed by atoms with Crippen molar-refractivity contribution in [1.29, 1.82) is 0 Å². The lowest BCUT2D eigenvalue weighted by molar-refractivity contribution is -0.149. The van der Waals surface area contributed by atoms with Gasteiger partial charge >= 0.3 is 5.97 Å². The summed E-state index contributed by atoms with van der Waals surface area (Å²) in [6, 6.07) is 7.42. The van der Waals surface area contributed by atoms with E-state index in [-0.39, 0.29) is 12.2 Å². The topological polar surface area (TPSA) is 126 Å². The smallest absolute Gasteiger partial charge is 0.328 e. The Morgan fingerprint density at radius 3 is 2.62 bits per heavy atom. The number of hydrogen-bond acceptors (Lipinski definition) is 7. The van der Waals surface area contributed by atoms with Crippen LogP contribution in [0.5, 0.6) is 5.75 Å². The van der Waals surface area contributed by atoms with Crippen LogP contribution in [-0.2, 0) is 19.7 Å². The highest BCUT2D eigenvalue weighted by molar-refractivity contribution is 7.89. The molecule has 0 bridgehead atoms. The summed E-state index contributed by atoms with van der Waals surface area (Å²) < 4.78 is 32.9. The second-order valence-electron chi connectivity index (χ2n) is 8.65. The Balaban J connectivity index is 1.60. The summed E-state index contributed by atoms with van der Waals surface area (Å²) >= 11 is 0. The third kappa shape index (κ3) is 6.20. The van der Waals surface area contributed by atoms with Crippen LogP contribution in [0.15, 0.2) is 29.4 Å². The number of piperidine rings is 1. The molecule has 3 N–H and O–H groups in total. The van der Waals surface area contributed by atoms with Crippen LogP contribution in [0.25, 0.3) is 0 Å². The number of benzene rings is 1. The fraction of sp³-hybridized carbons (Fsp3) is 0.636. The zero-order valence-corrected chi connectivity index (χ0v) is 19.5. The van der Waals surface area contributed by atoms with Gasteiger partial charge in [-0.3, -0.25) is 4.79 Å². The summed E-state index contributed by atoms with van der Waals surface area (Å²) in [6.45, 7) is 5.92. The summed E-state index contributed by atoms with van der Waals surface area (Å²) in [7, 11) is -3.77. The summed E-state index contributed by atoms with van der Waals surface area (Å²) in [5.74, 6) is -0.117. The number of oxime groups is 1. The first-order valence-electron chi connectivity index (χ1n) is 11.1. The van der Waals surface area contributed by atoms with Gasteiger partial charge in [0.15, 0.2) is 11.6 Å². The standard InChI is InChI=1S/C22H33N3O6S/c1-3-4-13-32(28,29)25-22(2,21(26)27)20-14-19(24-31-20)17-5-7-18(8-6-17)30-15-16-9-11-23-12-10-16/h5-8,16,20,23,25H,3-4,9-15H2,1-2H3,(H,26,27)/t20-,22+/m0/s1. The van der Waals surface area contributed by atoms with Crippen molar-refractivity contribution in [2.45, 2.75) is 57.6 Å². The zero-order valence-electron chi connectivity index (χ0n) is 18.7. The van der Waals surface area contributed by atoms with E-state index in [0.29, 0.717) is 31.1 Å². The molecule has 3 rings (SSSR count). The van der Waals surface area contributed by atoms with E-state index in [1.165, 1.54) is 6.92 Å². The second kappa shape index (κ2) is 10.6. The lowest BCUT2D eigenvalue weighted by atomic mass is 9.91. The maximum absolute atomic E-state index is 12.3. The number of rotatable bonds is 11. The molecule has 2 aliphatic heterocycles. The van der Waals surface area contributed by atoms with Crippen molar-refractivity contribution in [2.24, 2.45) is 11.1 Å². The van der Waals surface area contributed by atoms with Gasteiger partial charge in [-0.25, -0.2) is 8.42 Å². The number of nitrogens with one attached hydrogen (secondary N) is 2. The van der Waals surface area contributed by atoms with Crippen LogP contribution < -0.4 is 14.8 Å². The minimum atomic E-state index is -3.77. The van der Waals surface area contributed by atoms with Gasteiger partial charge in [-0.1, -0.05) is 18.5 Å². The third-order valence-electron chi connectivity index (χ3n) is 6.02. The minimum absolute atomic E-state index is 0.133. The number of hydrogen-bond donors (Lipinski definition) is 3. The molecule has 2 heterocycles. The molecule has 0 radical (unpaired) electrons. The van der Waals surface area contributed by atoms with Crippen molar-refractivity contribution in [3.05, 3.63) is 29.8 Å². The number of ether oxygens (including phenoxy) is 1. The molecular weight excluding hydrogens is 434 g/mol. The number of carboxylic acids is 1. The van der Waals surface area contributed by atoms with E-state index < -0.39 is 27.6 Å². The lowest BCUT2D eigenvalue weighted by Crippen LogP contribution is -2.60. The van der Waals surface area contributed by atoms with Crippen LogP contribution in [0.4, 0.5) is 0 Å². The van der Waals surface area contributed by atoms with Gasteiger partial charge in [0.1, 0.15) is 5.75 Å². The van der Waals surface area contributed by atoms with Crippen LogP contribution in [0.2, 0.25) is 0 Å². The molecule has 0 amide bonds. The van der Waals surface area contributed by atoms with E-state index in [1.54, 1.807) is 0 Å². The molecule has 0 aliphatic carbocycles. The Kier molecular flexibility index (Phi) is 8.13. The Morgan fingerprint density at radius 1 is 1.31 bits per heavy atom. The molecule has 9 nitrogen and oxygen atoms in total. The molecule has 10 heteroatoms. The average Bonchev–Trinajstić information content (AvgIpc) is 3.28. The number of nitrogens with zero attached hydrogens (tertiary/aromatic N) is 1. The van der Waals surface area contributed by atoms with Gasteiger partial charge in [-0.2, -0.15) is 4.72 Å². The number of sulfonamides is 1. The Labute approximate surface area is 189 Å². The quantitative estimate of drug-likeness (QED) is 0.455. The molecule has 0 spiro atoms. The molecular formula is C22H33N3O6S. The van der Waals surface area contributed by atoms with Crippen LogP contribution in [-0.4, -0.2) is 62.3 Å². The largest absolute Gasteiger partial charge is 0.493 e. The maximum Gasteiger partial charge on any atom is 0.328 e. The first-order valence-corrected chi connectivity index (χ1v) is 12.8. The van der Waals surface area contributed by atoms with E-state index in [1.807, 2.05) is 31.2 Å². The first kappa shape index (κ1) is 24.5. The fourth-order valence-electron chi connectivity index (χ4n) is 3.82. The van der Waals surface area contributed by atoms with Crippen molar-refractivity contribution in [2.75, 3.05) is 25.4 Å². The summed E-state index contributed by atoms with van der Waals surface area (Å²) in [5.41, 5.74) is -0.473. The van der Waals surface area contributed by atoms with E-state index >= 15 is 0 Å². The van der Waals surface area contributed by atoms with Gasteiger partial charge in [0.25, 0.3) is 0 Å². The number of aliphatic carboxylic acids is 1. The van der Waals surface area contributed by atoms with Crippen molar-refractivity contribution in [3.63, 3.8) is 0 Å². The van der Waals surface area contributed by atoms with E-state index in [9.17, 15) is 18.3 Å². The number of carboxylic acid groups (broad SMARTS) is 1. The predicted octanol–water partition coefficient (Wildman–Crippen LogP) is 2.12. The number of carbonyl (C=O) groups is 1. The molecule has 1 aromatic rings. The van der Waals surface area contributed by atoms with Crippen molar-refractivity contribution < 1.29 is 27.9 Å². The van der Waals surface area contributed by atoms with Gasteiger partial charge in [-0.15, -0.1) is 0 Å². The highest BCUT2D eigenvalue weighted by Gasteiger charge is 2.49. The Morgan fingerprint density at radius 2 is 2.00 bits per heavy atom. The molecule has 1 saturated heterocycles. The molecule has 0 unspecified atom stereocenters. The van der Waals surface area contributed by atoms with E-state index in [2.05, 4.69) is 15.2 Å². The van der Waals surface area contributed by atoms with E-state index in [0.717, 1.165) is 37.2 Å². The van der Waals surface area contributed by atoms with Gasteiger partial charge in [0.05, 0.1) is 18.1 Å². The van der Waals surface area contributed by atoms with Gasteiger partial charge < -0.3 is 20.0 Å². The molecule has 0 saturated carbocycles. The average molecular weight is 468 g/mol. The molecule has 2 aliphatic rings. The monoisotopic (exact) mass is 467 g/mol. The van der Waals surface area contributed by atoms with Crippen LogP contribution in [0.1, 0.15) is 51.5 Å². The van der Waals surface area contributed by atoms with Gasteiger partial charge in [-0.05, 0) is 75.0 Å². The summed E-state index contributed by atoms with van der Waals surface area (Å²) in [4.78, 5) is 17.4. The Hall–Kier alpha value is -2.17.